The van der Waals surface area contributed by atoms with Gasteiger partial charge in [-0.25, -0.2) is 4.98 Å². The van der Waals surface area contributed by atoms with Crippen LogP contribution in [0.2, 0.25) is 0 Å². The fourth-order valence-corrected chi connectivity index (χ4v) is 2.20. The maximum absolute atomic E-state index is 4.24. The number of hydrogen-bond acceptors (Lipinski definition) is 3. The highest BCUT2D eigenvalue weighted by Gasteiger charge is 2.03. The molecule has 1 unspecified atom stereocenters. The Hall–Kier alpha value is -1.35. The summed E-state index contributed by atoms with van der Waals surface area (Å²) < 4.78 is 0. The zero-order chi connectivity index (χ0) is 10.5. The highest BCUT2D eigenvalue weighted by atomic mass is 32.1. The van der Waals surface area contributed by atoms with Gasteiger partial charge in [0.2, 0.25) is 0 Å². The summed E-state index contributed by atoms with van der Waals surface area (Å²) in [7, 11) is 0. The Bertz CT molecular complexity index is 383. The molecule has 0 radical (unpaired) electrons. The number of anilines is 1. The van der Waals surface area contributed by atoms with Crippen molar-refractivity contribution < 1.29 is 0 Å². The van der Waals surface area contributed by atoms with Crippen LogP contribution in [0, 0.1) is 0 Å². The van der Waals surface area contributed by atoms with Crippen molar-refractivity contribution in [2.24, 2.45) is 0 Å². The molecule has 0 aliphatic heterocycles. The molecule has 78 valence electrons. The van der Waals surface area contributed by atoms with Gasteiger partial charge in [-0.05, 0) is 47.9 Å². The second-order valence-electron chi connectivity index (χ2n) is 3.60. The van der Waals surface area contributed by atoms with Crippen molar-refractivity contribution in [3.63, 3.8) is 0 Å². The molecule has 0 saturated carbocycles. The van der Waals surface area contributed by atoms with Crippen molar-refractivity contribution in [3.05, 3.63) is 46.8 Å². The van der Waals surface area contributed by atoms with Crippen molar-refractivity contribution in [1.82, 2.24) is 4.98 Å². The van der Waals surface area contributed by atoms with Crippen LogP contribution in [0.3, 0.4) is 0 Å². The Kier molecular flexibility index (Phi) is 3.35. The number of nitrogens with one attached hydrogen (secondary N) is 1. The van der Waals surface area contributed by atoms with E-state index in [1.54, 1.807) is 17.5 Å². The molecule has 0 aliphatic carbocycles. The van der Waals surface area contributed by atoms with Gasteiger partial charge in [0.1, 0.15) is 5.82 Å². The largest absolute Gasteiger partial charge is 0.367 e. The lowest BCUT2D eigenvalue weighted by molar-refractivity contribution is 0.787. The van der Waals surface area contributed by atoms with Gasteiger partial charge in [0.05, 0.1) is 0 Å². The van der Waals surface area contributed by atoms with Crippen LogP contribution >= 0.6 is 11.3 Å². The van der Waals surface area contributed by atoms with E-state index in [0.29, 0.717) is 6.04 Å². The Morgan fingerprint density at radius 1 is 1.40 bits per heavy atom. The molecule has 0 amide bonds. The highest BCUT2D eigenvalue weighted by molar-refractivity contribution is 7.07. The van der Waals surface area contributed by atoms with Crippen LogP contribution in [-0.2, 0) is 6.42 Å². The van der Waals surface area contributed by atoms with E-state index in [4.69, 9.17) is 0 Å². The molecular weight excluding hydrogens is 204 g/mol. The van der Waals surface area contributed by atoms with Gasteiger partial charge in [-0.15, -0.1) is 0 Å². The fraction of sp³-hybridized carbons (Fsp3) is 0.250. The third-order valence-corrected chi connectivity index (χ3v) is 2.91. The first-order valence-corrected chi connectivity index (χ1v) is 5.97. The molecule has 0 saturated heterocycles. The van der Waals surface area contributed by atoms with Gasteiger partial charge in [-0.2, -0.15) is 11.3 Å². The van der Waals surface area contributed by atoms with E-state index >= 15 is 0 Å². The molecule has 1 atom stereocenters. The summed E-state index contributed by atoms with van der Waals surface area (Å²) in [5, 5.41) is 7.68. The molecule has 15 heavy (non-hydrogen) atoms. The monoisotopic (exact) mass is 218 g/mol. The van der Waals surface area contributed by atoms with Gasteiger partial charge < -0.3 is 5.32 Å². The van der Waals surface area contributed by atoms with Gasteiger partial charge in [0.15, 0.2) is 0 Å². The molecule has 0 aromatic carbocycles. The maximum Gasteiger partial charge on any atom is 0.126 e. The number of pyridine rings is 1. The van der Waals surface area contributed by atoms with Crippen LogP contribution in [0.1, 0.15) is 12.5 Å². The quantitative estimate of drug-likeness (QED) is 0.852. The van der Waals surface area contributed by atoms with Crippen LogP contribution in [-0.4, -0.2) is 11.0 Å². The fourth-order valence-electron chi connectivity index (χ4n) is 1.51. The topological polar surface area (TPSA) is 24.9 Å². The predicted molar refractivity (Wildman–Crippen MR) is 65.3 cm³/mol. The van der Waals surface area contributed by atoms with Gasteiger partial charge in [-0.3, -0.25) is 0 Å². The zero-order valence-electron chi connectivity index (χ0n) is 8.68. The molecule has 0 aliphatic rings. The van der Waals surface area contributed by atoms with E-state index in [1.165, 1.54) is 5.56 Å². The maximum atomic E-state index is 4.24. The molecule has 0 bridgehead atoms. The second-order valence-corrected chi connectivity index (χ2v) is 4.38. The molecule has 2 rings (SSSR count). The summed E-state index contributed by atoms with van der Waals surface area (Å²) in [5.74, 6) is 0.945. The van der Waals surface area contributed by atoms with Crippen molar-refractivity contribution in [1.29, 1.82) is 0 Å². The average Bonchev–Trinajstić information content (AvgIpc) is 2.71. The SMILES string of the molecule is CC(Cc1ccsc1)Nc1ccccn1. The summed E-state index contributed by atoms with van der Waals surface area (Å²) in [5.41, 5.74) is 1.39. The normalized spacial score (nSPS) is 12.3. The van der Waals surface area contributed by atoms with E-state index in [-0.39, 0.29) is 0 Å². The van der Waals surface area contributed by atoms with Crippen LogP contribution in [0.15, 0.2) is 41.2 Å². The third kappa shape index (κ3) is 3.06. The molecule has 2 aromatic rings. The number of aromatic nitrogens is 1. The standard InChI is InChI=1S/C12H14N2S/c1-10(8-11-5-7-15-9-11)14-12-4-2-3-6-13-12/h2-7,9-10H,8H2,1H3,(H,13,14). The van der Waals surface area contributed by atoms with E-state index < -0.39 is 0 Å². The summed E-state index contributed by atoms with van der Waals surface area (Å²) in [6.45, 7) is 2.17. The lowest BCUT2D eigenvalue weighted by Crippen LogP contribution is -2.18. The highest BCUT2D eigenvalue weighted by Crippen LogP contribution is 2.11. The van der Waals surface area contributed by atoms with Crippen LogP contribution in [0.25, 0.3) is 0 Å². The van der Waals surface area contributed by atoms with Crippen molar-refractivity contribution in [3.8, 4) is 0 Å². The molecule has 1 N–H and O–H groups in total. The first kappa shape index (κ1) is 10.2. The zero-order valence-corrected chi connectivity index (χ0v) is 9.50. The van der Waals surface area contributed by atoms with E-state index in [0.717, 1.165) is 12.2 Å². The van der Waals surface area contributed by atoms with Crippen LogP contribution < -0.4 is 5.32 Å². The number of nitrogens with zero attached hydrogens (tertiary/aromatic N) is 1. The Morgan fingerprint density at radius 3 is 3.00 bits per heavy atom. The van der Waals surface area contributed by atoms with Crippen molar-refractivity contribution in [2.45, 2.75) is 19.4 Å². The minimum Gasteiger partial charge on any atom is -0.367 e. The minimum absolute atomic E-state index is 0.412. The van der Waals surface area contributed by atoms with E-state index in [2.05, 4.69) is 34.1 Å². The average molecular weight is 218 g/mol. The second kappa shape index (κ2) is 4.94. The van der Waals surface area contributed by atoms with Gasteiger partial charge in [0, 0.05) is 12.2 Å². The Balaban J connectivity index is 1.90. The first-order valence-electron chi connectivity index (χ1n) is 5.03. The molecule has 2 nitrogen and oxygen atoms in total. The summed E-state index contributed by atoms with van der Waals surface area (Å²) in [6, 6.07) is 8.49. The third-order valence-electron chi connectivity index (χ3n) is 2.18. The van der Waals surface area contributed by atoms with Gasteiger partial charge >= 0.3 is 0 Å². The summed E-state index contributed by atoms with van der Waals surface area (Å²) >= 11 is 1.74. The van der Waals surface area contributed by atoms with Gasteiger partial charge in [0.25, 0.3) is 0 Å². The first-order chi connectivity index (χ1) is 7.34. The number of hydrogen-bond donors (Lipinski definition) is 1. The van der Waals surface area contributed by atoms with Crippen molar-refractivity contribution >= 4 is 17.2 Å². The number of rotatable bonds is 4. The van der Waals surface area contributed by atoms with Gasteiger partial charge in [-0.1, -0.05) is 6.07 Å². The predicted octanol–water partition coefficient (Wildman–Crippen LogP) is 3.19. The Labute approximate surface area is 94.0 Å². The lowest BCUT2D eigenvalue weighted by Gasteiger charge is -2.13. The molecule has 3 heteroatoms. The molecular formula is C12H14N2S. The summed E-state index contributed by atoms with van der Waals surface area (Å²) in [6.07, 6.45) is 2.85. The molecule has 2 heterocycles. The summed E-state index contributed by atoms with van der Waals surface area (Å²) in [4.78, 5) is 4.24. The molecule has 2 aromatic heterocycles. The van der Waals surface area contributed by atoms with Crippen molar-refractivity contribution in [2.75, 3.05) is 5.32 Å². The van der Waals surface area contributed by atoms with E-state index in [9.17, 15) is 0 Å². The van der Waals surface area contributed by atoms with E-state index in [1.807, 2.05) is 18.2 Å². The molecule has 0 spiro atoms. The van der Waals surface area contributed by atoms with Crippen LogP contribution in [0.5, 0.6) is 0 Å². The molecule has 0 fully saturated rings. The minimum atomic E-state index is 0.412. The van der Waals surface area contributed by atoms with Crippen LogP contribution in [0.4, 0.5) is 5.82 Å². The smallest absolute Gasteiger partial charge is 0.126 e. The lowest BCUT2D eigenvalue weighted by atomic mass is 10.1. The number of thiophene rings is 1. The Morgan fingerprint density at radius 2 is 2.33 bits per heavy atom.